The Morgan fingerprint density at radius 1 is 0.373 bits per heavy atom. The van der Waals surface area contributed by atoms with Gasteiger partial charge in [0.1, 0.15) is 0 Å². The lowest BCUT2D eigenvalue weighted by atomic mass is 9.70. The molecule has 238 valence electrons. The number of rotatable bonds is 3. The second-order valence-corrected chi connectivity index (χ2v) is 14.3. The molecule has 7 aromatic carbocycles. The SMILES string of the molecule is c1ccc(-c2nc(-c3ccccc3)nc(-c3ccc4c(c3)C3(c5ccccc5-4)c4ccccc4-c4cc5c(cc43)Sc3ccccc3N5)n2)cc1. The molecule has 4 nitrogen and oxygen atoms in total. The highest BCUT2D eigenvalue weighted by molar-refractivity contribution is 7.99. The normalized spacial score (nSPS) is 15.6. The highest BCUT2D eigenvalue weighted by atomic mass is 32.2. The fourth-order valence-electron chi connectivity index (χ4n) is 8.34. The predicted molar refractivity (Wildman–Crippen MR) is 206 cm³/mol. The van der Waals surface area contributed by atoms with Crippen molar-refractivity contribution in [3.8, 4) is 56.4 Å². The third-order valence-corrected chi connectivity index (χ3v) is 11.7. The number of aromatic nitrogens is 3. The second kappa shape index (κ2) is 10.8. The molecule has 0 radical (unpaired) electrons. The van der Waals surface area contributed by atoms with E-state index in [1.807, 2.05) is 48.2 Å². The molecule has 0 fully saturated rings. The van der Waals surface area contributed by atoms with E-state index in [0.29, 0.717) is 17.5 Å². The van der Waals surface area contributed by atoms with E-state index in [9.17, 15) is 0 Å². The molecule has 2 aliphatic carbocycles. The van der Waals surface area contributed by atoms with Gasteiger partial charge in [-0.1, -0.05) is 145 Å². The lowest BCUT2D eigenvalue weighted by Gasteiger charge is -2.31. The zero-order valence-electron chi connectivity index (χ0n) is 27.3. The van der Waals surface area contributed by atoms with E-state index in [2.05, 4.69) is 133 Å². The maximum atomic E-state index is 5.12. The minimum atomic E-state index is -0.502. The summed E-state index contributed by atoms with van der Waals surface area (Å²) in [6, 6.07) is 58.4. The van der Waals surface area contributed by atoms with Gasteiger partial charge in [-0.3, -0.25) is 0 Å². The van der Waals surface area contributed by atoms with Gasteiger partial charge >= 0.3 is 0 Å². The Labute approximate surface area is 300 Å². The quantitative estimate of drug-likeness (QED) is 0.203. The van der Waals surface area contributed by atoms with Crippen molar-refractivity contribution in [3.05, 3.63) is 186 Å². The third-order valence-electron chi connectivity index (χ3n) is 10.5. The van der Waals surface area contributed by atoms with Crippen molar-refractivity contribution in [1.29, 1.82) is 0 Å². The number of nitrogens with zero attached hydrogens (tertiary/aromatic N) is 3. The van der Waals surface area contributed by atoms with Crippen molar-refractivity contribution in [2.75, 3.05) is 5.32 Å². The second-order valence-electron chi connectivity index (χ2n) is 13.3. The molecule has 1 spiro atoms. The zero-order chi connectivity index (χ0) is 33.5. The molecule has 1 aliphatic heterocycles. The van der Waals surface area contributed by atoms with Crippen LogP contribution in [0.5, 0.6) is 0 Å². The summed E-state index contributed by atoms with van der Waals surface area (Å²) in [6.07, 6.45) is 0. The van der Waals surface area contributed by atoms with Gasteiger partial charge < -0.3 is 5.32 Å². The molecule has 3 aliphatic rings. The largest absolute Gasteiger partial charge is 0.354 e. The molecule has 2 heterocycles. The Morgan fingerprint density at radius 2 is 0.902 bits per heavy atom. The minimum Gasteiger partial charge on any atom is -0.354 e. The summed E-state index contributed by atoms with van der Waals surface area (Å²) in [5, 5.41) is 3.74. The van der Waals surface area contributed by atoms with E-state index in [-0.39, 0.29) is 0 Å². The first-order valence-electron chi connectivity index (χ1n) is 17.2. The fourth-order valence-corrected chi connectivity index (χ4v) is 9.35. The van der Waals surface area contributed by atoms with Crippen LogP contribution in [0.1, 0.15) is 22.3 Å². The van der Waals surface area contributed by atoms with E-state index in [1.165, 1.54) is 54.3 Å². The maximum absolute atomic E-state index is 5.12. The first-order chi connectivity index (χ1) is 25.3. The van der Waals surface area contributed by atoms with Crippen LogP contribution in [-0.4, -0.2) is 15.0 Å². The van der Waals surface area contributed by atoms with E-state index in [1.54, 1.807) is 0 Å². The number of fused-ring (bicyclic) bond motifs is 12. The summed E-state index contributed by atoms with van der Waals surface area (Å²) in [6.45, 7) is 0. The summed E-state index contributed by atoms with van der Waals surface area (Å²) >= 11 is 1.84. The first kappa shape index (κ1) is 28.5. The number of para-hydroxylation sites is 1. The Morgan fingerprint density at radius 3 is 1.59 bits per heavy atom. The first-order valence-corrected chi connectivity index (χ1v) is 18.0. The minimum absolute atomic E-state index is 0.502. The molecule has 8 aromatic rings. The molecule has 0 amide bonds. The van der Waals surface area contributed by atoms with Crippen molar-refractivity contribution < 1.29 is 0 Å². The van der Waals surface area contributed by atoms with Gasteiger partial charge in [-0.2, -0.15) is 0 Å². The molecule has 0 saturated carbocycles. The van der Waals surface area contributed by atoms with Gasteiger partial charge in [0.2, 0.25) is 0 Å². The Balaban J connectivity index is 1.17. The van der Waals surface area contributed by atoms with Crippen molar-refractivity contribution in [3.63, 3.8) is 0 Å². The van der Waals surface area contributed by atoms with Crippen LogP contribution in [0.4, 0.5) is 11.4 Å². The summed E-state index contributed by atoms with van der Waals surface area (Å²) < 4.78 is 0. The number of hydrogen-bond donors (Lipinski definition) is 1. The highest BCUT2D eigenvalue weighted by Crippen LogP contribution is 2.64. The van der Waals surface area contributed by atoms with E-state index >= 15 is 0 Å². The van der Waals surface area contributed by atoms with Gasteiger partial charge in [0.05, 0.1) is 16.8 Å². The van der Waals surface area contributed by atoms with Crippen molar-refractivity contribution in [2.24, 2.45) is 0 Å². The third kappa shape index (κ3) is 4.13. The summed E-state index contributed by atoms with van der Waals surface area (Å²) in [5.41, 5.74) is 14.9. The van der Waals surface area contributed by atoms with Crippen LogP contribution in [0.3, 0.4) is 0 Å². The molecule has 5 heteroatoms. The van der Waals surface area contributed by atoms with Crippen molar-refractivity contribution in [2.45, 2.75) is 15.2 Å². The van der Waals surface area contributed by atoms with Crippen LogP contribution < -0.4 is 5.32 Å². The lowest BCUT2D eigenvalue weighted by molar-refractivity contribution is 0.791. The van der Waals surface area contributed by atoms with Crippen LogP contribution in [-0.2, 0) is 5.41 Å². The van der Waals surface area contributed by atoms with Crippen LogP contribution in [0, 0.1) is 0 Å². The van der Waals surface area contributed by atoms with Crippen molar-refractivity contribution in [1.82, 2.24) is 15.0 Å². The van der Waals surface area contributed by atoms with Gasteiger partial charge in [0.15, 0.2) is 17.5 Å². The summed E-state index contributed by atoms with van der Waals surface area (Å²) in [5.74, 6) is 1.97. The molecule has 0 saturated heterocycles. The molecular weight excluding hydrogens is 641 g/mol. The lowest BCUT2D eigenvalue weighted by Crippen LogP contribution is -2.26. The van der Waals surface area contributed by atoms with Crippen LogP contribution >= 0.6 is 11.8 Å². The average Bonchev–Trinajstić information content (AvgIpc) is 3.66. The van der Waals surface area contributed by atoms with Crippen molar-refractivity contribution >= 4 is 23.1 Å². The molecule has 11 rings (SSSR count). The topological polar surface area (TPSA) is 50.7 Å². The number of benzene rings is 7. The van der Waals surface area contributed by atoms with E-state index in [0.717, 1.165) is 28.1 Å². The molecule has 1 N–H and O–H groups in total. The number of nitrogens with one attached hydrogen (secondary N) is 1. The van der Waals surface area contributed by atoms with Gasteiger partial charge in [-0.05, 0) is 74.8 Å². The highest BCUT2D eigenvalue weighted by Gasteiger charge is 2.52. The van der Waals surface area contributed by atoms with Crippen LogP contribution in [0.15, 0.2) is 174 Å². The maximum Gasteiger partial charge on any atom is 0.164 e. The van der Waals surface area contributed by atoms with Gasteiger partial charge in [-0.15, -0.1) is 0 Å². The Hall–Kier alpha value is -6.30. The standard InChI is InChI=1S/C46H28N4S/c1-3-13-28(14-4-1)43-48-44(29-15-5-2-6-16-29)50-45(49-43)30-23-24-33-31-17-7-9-19-35(31)46(37(33)25-30)36-20-10-8-18-32(36)34-26-40-42(27-38(34)46)51-41-22-12-11-21-39(41)47-40/h1-27,47H. The molecule has 1 unspecified atom stereocenters. The van der Waals surface area contributed by atoms with Gasteiger partial charge in [0.25, 0.3) is 0 Å². The zero-order valence-corrected chi connectivity index (χ0v) is 28.2. The number of anilines is 2. The fraction of sp³-hybridized carbons (Fsp3) is 0.0217. The van der Waals surface area contributed by atoms with Gasteiger partial charge in [0, 0.05) is 26.5 Å². The Bertz CT molecular complexity index is 2650. The molecule has 1 atom stereocenters. The van der Waals surface area contributed by atoms with E-state index < -0.39 is 5.41 Å². The summed E-state index contributed by atoms with van der Waals surface area (Å²) in [7, 11) is 0. The van der Waals surface area contributed by atoms with E-state index in [4.69, 9.17) is 15.0 Å². The van der Waals surface area contributed by atoms with Crippen LogP contribution in [0.25, 0.3) is 56.4 Å². The molecule has 0 bridgehead atoms. The Kier molecular flexibility index (Phi) is 6.07. The smallest absolute Gasteiger partial charge is 0.164 e. The van der Waals surface area contributed by atoms with Gasteiger partial charge in [-0.25, -0.2) is 15.0 Å². The molecule has 1 aromatic heterocycles. The predicted octanol–water partition coefficient (Wildman–Crippen LogP) is 11.4. The average molecular weight is 669 g/mol. The monoisotopic (exact) mass is 668 g/mol. The number of hydrogen-bond acceptors (Lipinski definition) is 5. The molecular formula is C46H28N4S. The molecule has 51 heavy (non-hydrogen) atoms. The summed E-state index contributed by atoms with van der Waals surface area (Å²) in [4.78, 5) is 17.7. The van der Waals surface area contributed by atoms with Crippen LogP contribution in [0.2, 0.25) is 0 Å².